The summed E-state index contributed by atoms with van der Waals surface area (Å²) in [5.74, 6) is -1.13. The number of nitrogens with zero attached hydrogens (tertiary/aromatic N) is 2. The number of nitrogen functional groups attached to an aromatic ring is 1. The fourth-order valence-corrected chi connectivity index (χ4v) is 2.09. The fourth-order valence-electron chi connectivity index (χ4n) is 2.09. The number of para-hydroxylation sites is 1. The van der Waals surface area contributed by atoms with E-state index in [0.717, 1.165) is 10.9 Å². The van der Waals surface area contributed by atoms with Crippen LogP contribution in [0.25, 0.3) is 10.9 Å². The molecule has 0 bridgehead atoms. The number of benzene rings is 1. The van der Waals surface area contributed by atoms with Crippen LogP contribution in [-0.2, 0) is 4.74 Å². The number of anilines is 1. The number of rotatable bonds is 4. The maximum atomic E-state index is 12.2. The summed E-state index contributed by atoms with van der Waals surface area (Å²) in [7, 11) is 0. The zero-order chi connectivity index (χ0) is 15.5. The van der Waals surface area contributed by atoms with Crippen molar-refractivity contribution in [3.8, 4) is 0 Å². The van der Waals surface area contributed by atoms with Crippen LogP contribution in [-0.4, -0.2) is 33.3 Å². The lowest BCUT2D eigenvalue weighted by Crippen LogP contribution is -2.16. The van der Waals surface area contributed by atoms with E-state index in [-0.39, 0.29) is 17.3 Å². The molecule has 0 radical (unpaired) electrons. The fraction of sp³-hybridized carbons (Fsp3) is 0.0667. The highest BCUT2D eigenvalue weighted by Gasteiger charge is 2.17. The van der Waals surface area contributed by atoms with E-state index in [1.807, 2.05) is 24.3 Å². The molecule has 0 spiro atoms. The highest BCUT2D eigenvalue weighted by Crippen LogP contribution is 2.18. The van der Waals surface area contributed by atoms with Crippen LogP contribution in [0.2, 0.25) is 0 Å². The Balaban J connectivity index is 1.73. The van der Waals surface area contributed by atoms with Crippen molar-refractivity contribution in [2.75, 3.05) is 12.3 Å². The van der Waals surface area contributed by atoms with Crippen molar-refractivity contribution < 1.29 is 14.3 Å². The Kier molecular flexibility index (Phi) is 3.53. The standard InChI is InChI=1S/C15H12N4O3/c16-14-13(17-5-6-18-14)15(21)22-8-12(20)10-7-19-11-4-2-1-3-9(10)11/h1-7,19H,8H2,(H2,16,18). The van der Waals surface area contributed by atoms with Gasteiger partial charge in [-0.25, -0.2) is 14.8 Å². The molecule has 0 amide bonds. The van der Waals surface area contributed by atoms with Crippen LogP contribution in [0.4, 0.5) is 5.82 Å². The number of H-pyrrole nitrogens is 1. The zero-order valence-electron chi connectivity index (χ0n) is 11.4. The topological polar surface area (TPSA) is 111 Å². The lowest BCUT2D eigenvalue weighted by atomic mass is 10.1. The average Bonchev–Trinajstić information content (AvgIpc) is 2.97. The van der Waals surface area contributed by atoms with Gasteiger partial charge in [0.25, 0.3) is 0 Å². The summed E-state index contributed by atoms with van der Waals surface area (Å²) in [6, 6.07) is 7.38. The molecule has 0 saturated heterocycles. The van der Waals surface area contributed by atoms with Crippen molar-refractivity contribution in [2.45, 2.75) is 0 Å². The Bertz CT molecular complexity index is 857. The van der Waals surface area contributed by atoms with E-state index < -0.39 is 12.6 Å². The predicted molar refractivity (Wildman–Crippen MR) is 79.4 cm³/mol. The quantitative estimate of drug-likeness (QED) is 0.558. The summed E-state index contributed by atoms with van der Waals surface area (Å²) in [6.07, 6.45) is 4.29. The van der Waals surface area contributed by atoms with Crippen LogP contribution in [0.15, 0.2) is 42.9 Å². The van der Waals surface area contributed by atoms with E-state index in [1.165, 1.54) is 12.4 Å². The number of aromatic amines is 1. The highest BCUT2D eigenvalue weighted by atomic mass is 16.5. The monoisotopic (exact) mass is 296 g/mol. The van der Waals surface area contributed by atoms with Crippen molar-refractivity contribution in [1.82, 2.24) is 15.0 Å². The van der Waals surface area contributed by atoms with E-state index in [2.05, 4.69) is 15.0 Å². The first-order valence-corrected chi connectivity index (χ1v) is 6.49. The smallest absolute Gasteiger partial charge is 0.361 e. The molecule has 0 aliphatic carbocycles. The lowest BCUT2D eigenvalue weighted by molar-refractivity contribution is 0.0470. The van der Waals surface area contributed by atoms with Gasteiger partial charge in [-0.05, 0) is 6.07 Å². The second-order valence-corrected chi connectivity index (χ2v) is 4.54. The van der Waals surface area contributed by atoms with Gasteiger partial charge in [-0.15, -0.1) is 0 Å². The third kappa shape index (κ3) is 2.51. The first-order chi connectivity index (χ1) is 10.7. The van der Waals surface area contributed by atoms with E-state index in [0.29, 0.717) is 5.56 Å². The van der Waals surface area contributed by atoms with Gasteiger partial charge in [0.1, 0.15) is 0 Å². The largest absolute Gasteiger partial charge is 0.452 e. The summed E-state index contributed by atoms with van der Waals surface area (Å²) < 4.78 is 4.96. The zero-order valence-corrected chi connectivity index (χ0v) is 11.4. The number of fused-ring (bicyclic) bond motifs is 1. The van der Waals surface area contributed by atoms with Crippen molar-refractivity contribution in [3.63, 3.8) is 0 Å². The molecule has 0 unspecified atom stereocenters. The van der Waals surface area contributed by atoms with Gasteiger partial charge in [0, 0.05) is 35.1 Å². The molecule has 3 N–H and O–H groups in total. The van der Waals surface area contributed by atoms with Gasteiger partial charge in [-0.2, -0.15) is 0 Å². The number of ether oxygens (including phenoxy) is 1. The molecule has 0 saturated carbocycles. The summed E-state index contributed by atoms with van der Waals surface area (Å²) in [5, 5.41) is 0.780. The molecule has 3 rings (SSSR count). The minimum Gasteiger partial charge on any atom is -0.452 e. The molecular formula is C15H12N4O3. The van der Waals surface area contributed by atoms with Crippen LogP contribution in [0.1, 0.15) is 20.8 Å². The van der Waals surface area contributed by atoms with Crippen molar-refractivity contribution in [2.24, 2.45) is 0 Å². The average molecular weight is 296 g/mol. The number of nitrogens with two attached hydrogens (primary N) is 1. The SMILES string of the molecule is Nc1nccnc1C(=O)OCC(=O)c1c[nH]c2ccccc12. The van der Waals surface area contributed by atoms with Gasteiger partial charge in [0.05, 0.1) is 0 Å². The Hall–Kier alpha value is -3.22. The highest BCUT2D eigenvalue weighted by molar-refractivity contribution is 6.09. The summed E-state index contributed by atoms with van der Waals surface area (Å²) in [4.78, 5) is 34.5. The van der Waals surface area contributed by atoms with Gasteiger partial charge in [0.15, 0.2) is 18.1 Å². The number of carbonyl (C=O) groups is 2. The molecule has 1 aromatic carbocycles. The van der Waals surface area contributed by atoms with Crippen LogP contribution >= 0.6 is 0 Å². The maximum absolute atomic E-state index is 12.2. The molecule has 22 heavy (non-hydrogen) atoms. The minimum atomic E-state index is -0.779. The normalized spacial score (nSPS) is 10.5. The third-order valence-electron chi connectivity index (χ3n) is 3.14. The lowest BCUT2D eigenvalue weighted by Gasteiger charge is -2.04. The van der Waals surface area contributed by atoms with E-state index in [1.54, 1.807) is 6.20 Å². The number of aromatic nitrogens is 3. The first-order valence-electron chi connectivity index (χ1n) is 6.49. The second kappa shape index (κ2) is 5.65. The van der Waals surface area contributed by atoms with Crippen molar-refractivity contribution in [1.29, 1.82) is 0 Å². The van der Waals surface area contributed by atoms with Gasteiger partial charge in [0.2, 0.25) is 5.78 Å². The third-order valence-corrected chi connectivity index (χ3v) is 3.14. The van der Waals surface area contributed by atoms with E-state index >= 15 is 0 Å². The molecule has 0 atom stereocenters. The molecule has 3 aromatic rings. The van der Waals surface area contributed by atoms with Crippen molar-refractivity contribution in [3.05, 3.63) is 54.1 Å². The maximum Gasteiger partial charge on any atom is 0.361 e. The van der Waals surface area contributed by atoms with Crippen molar-refractivity contribution >= 4 is 28.5 Å². The first kappa shape index (κ1) is 13.7. The van der Waals surface area contributed by atoms with E-state index in [4.69, 9.17) is 10.5 Å². The molecule has 110 valence electrons. The van der Waals surface area contributed by atoms with Crippen LogP contribution in [0, 0.1) is 0 Å². The Morgan fingerprint density at radius 1 is 1.18 bits per heavy atom. The van der Waals surface area contributed by atoms with E-state index in [9.17, 15) is 9.59 Å². The molecule has 7 heteroatoms. The molecule has 2 heterocycles. The Morgan fingerprint density at radius 3 is 2.77 bits per heavy atom. The Labute approximate surface area is 125 Å². The predicted octanol–water partition coefficient (Wildman–Crippen LogP) is 1.58. The van der Waals surface area contributed by atoms with Crippen LogP contribution in [0.3, 0.4) is 0 Å². The number of ketones is 1. The number of Topliss-reactive ketones (excluding diaryl/α,β-unsaturated/α-hetero) is 1. The van der Waals surface area contributed by atoms with Gasteiger partial charge < -0.3 is 15.5 Å². The Morgan fingerprint density at radius 2 is 1.95 bits per heavy atom. The molecular weight excluding hydrogens is 284 g/mol. The number of hydrogen-bond acceptors (Lipinski definition) is 6. The number of nitrogens with one attached hydrogen (secondary N) is 1. The number of hydrogen-bond donors (Lipinski definition) is 2. The molecule has 0 fully saturated rings. The van der Waals surface area contributed by atoms with Gasteiger partial charge >= 0.3 is 5.97 Å². The molecule has 0 aliphatic heterocycles. The van der Waals surface area contributed by atoms with Gasteiger partial charge in [-0.1, -0.05) is 18.2 Å². The second-order valence-electron chi connectivity index (χ2n) is 4.54. The van der Waals surface area contributed by atoms with Crippen LogP contribution in [0.5, 0.6) is 0 Å². The molecule has 7 nitrogen and oxygen atoms in total. The molecule has 2 aromatic heterocycles. The molecule has 0 aliphatic rings. The summed E-state index contributed by atoms with van der Waals surface area (Å²) in [6.45, 7) is -0.392. The minimum absolute atomic E-state index is 0.0351. The summed E-state index contributed by atoms with van der Waals surface area (Å²) in [5.41, 5.74) is 6.74. The number of esters is 1. The van der Waals surface area contributed by atoms with Gasteiger partial charge in [-0.3, -0.25) is 4.79 Å². The summed E-state index contributed by atoms with van der Waals surface area (Å²) >= 11 is 0. The number of carbonyl (C=O) groups excluding carboxylic acids is 2. The van der Waals surface area contributed by atoms with Crippen LogP contribution < -0.4 is 5.73 Å².